The highest BCUT2D eigenvalue weighted by atomic mass is 31.2. The Hall–Kier alpha value is -1.94. The summed E-state index contributed by atoms with van der Waals surface area (Å²) in [4.78, 5) is 72.5. The van der Waals surface area contributed by atoms with Crippen LogP contribution in [0.2, 0.25) is 0 Å². The number of unbranched alkanes of at least 4 members (excludes halogenated alkanes) is 32. The van der Waals surface area contributed by atoms with Crippen molar-refractivity contribution in [2.45, 2.75) is 363 Å². The SMILES string of the molecule is CCC(C)CCCCCCCCCCCCC(=O)O[C@H](COC(=O)CCCCCCCCCCCC(C)C)COP(=O)(O)OCC(O)COP(=O)(O)OC[C@@H](COC(=O)CCCCCCCCCCC(C)C)OC(=O)CCCCCCCCCCCC(C)C. The number of aliphatic hydroxyl groups is 1. The lowest BCUT2D eigenvalue weighted by Gasteiger charge is -2.21. The molecule has 0 amide bonds. The molecule has 0 heterocycles. The Morgan fingerprint density at radius 2 is 0.539 bits per heavy atom. The first-order valence-electron chi connectivity index (χ1n) is 36.2. The van der Waals surface area contributed by atoms with Crippen LogP contribution in [0.5, 0.6) is 0 Å². The van der Waals surface area contributed by atoms with Gasteiger partial charge in [0.1, 0.15) is 19.3 Å². The molecule has 0 aromatic rings. The van der Waals surface area contributed by atoms with Crippen LogP contribution in [0.1, 0.15) is 344 Å². The molecule has 17 nitrogen and oxygen atoms in total. The second-order valence-electron chi connectivity index (χ2n) is 26.9. The number of hydrogen-bond donors (Lipinski definition) is 3. The van der Waals surface area contributed by atoms with Crippen molar-refractivity contribution in [3.63, 3.8) is 0 Å². The molecular formula is C70H136O17P2. The first-order valence-corrected chi connectivity index (χ1v) is 39.2. The first kappa shape index (κ1) is 87.1. The lowest BCUT2D eigenvalue weighted by molar-refractivity contribution is -0.161. The van der Waals surface area contributed by atoms with E-state index in [1.54, 1.807) is 0 Å². The Labute approximate surface area is 543 Å². The third-order valence-electron chi connectivity index (χ3n) is 16.4. The molecule has 0 fully saturated rings. The van der Waals surface area contributed by atoms with E-state index >= 15 is 0 Å². The van der Waals surface area contributed by atoms with E-state index < -0.39 is 97.5 Å². The fourth-order valence-corrected chi connectivity index (χ4v) is 12.0. The number of carbonyl (C=O) groups is 4. The molecule has 0 aromatic heterocycles. The van der Waals surface area contributed by atoms with Crippen molar-refractivity contribution in [1.29, 1.82) is 0 Å². The summed E-state index contributed by atoms with van der Waals surface area (Å²) in [5.41, 5.74) is 0. The third kappa shape index (κ3) is 63.2. The summed E-state index contributed by atoms with van der Waals surface area (Å²) < 4.78 is 68.3. The van der Waals surface area contributed by atoms with Crippen LogP contribution in [0.25, 0.3) is 0 Å². The first-order chi connectivity index (χ1) is 42.6. The van der Waals surface area contributed by atoms with Crippen molar-refractivity contribution < 1.29 is 80.2 Å². The van der Waals surface area contributed by atoms with Gasteiger partial charge in [-0.15, -0.1) is 0 Å². The van der Waals surface area contributed by atoms with Crippen molar-refractivity contribution in [2.75, 3.05) is 39.6 Å². The number of esters is 4. The molecule has 0 aromatic carbocycles. The number of aliphatic hydroxyl groups excluding tert-OH is 1. The molecule has 6 atom stereocenters. The molecule has 4 unspecified atom stereocenters. The monoisotopic (exact) mass is 1310 g/mol. The molecule has 19 heteroatoms. The number of ether oxygens (including phenoxy) is 4. The number of phosphoric acid groups is 2. The largest absolute Gasteiger partial charge is 0.472 e. The minimum atomic E-state index is -4.95. The molecule has 0 aliphatic carbocycles. The van der Waals surface area contributed by atoms with Gasteiger partial charge >= 0.3 is 39.5 Å². The fraction of sp³-hybridized carbons (Fsp3) is 0.943. The molecule has 0 radical (unpaired) electrons. The average Bonchev–Trinajstić information content (AvgIpc) is 3.70. The zero-order valence-corrected chi connectivity index (χ0v) is 59.8. The molecule has 0 saturated heterocycles. The van der Waals surface area contributed by atoms with Crippen LogP contribution in [-0.2, 0) is 65.4 Å². The van der Waals surface area contributed by atoms with E-state index in [4.69, 9.17) is 37.0 Å². The van der Waals surface area contributed by atoms with E-state index in [9.17, 15) is 43.2 Å². The number of hydrogen-bond acceptors (Lipinski definition) is 15. The number of carbonyl (C=O) groups excluding carboxylic acids is 4. The Morgan fingerprint density at radius 3 is 0.798 bits per heavy atom. The van der Waals surface area contributed by atoms with Gasteiger partial charge in [-0.05, 0) is 49.4 Å². The van der Waals surface area contributed by atoms with Crippen LogP contribution < -0.4 is 0 Å². The highest BCUT2D eigenvalue weighted by molar-refractivity contribution is 7.47. The Balaban J connectivity index is 5.27. The number of rotatable bonds is 67. The molecule has 0 aliphatic rings. The van der Waals surface area contributed by atoms with E-state index in [1.165, 1.54) is 148 Å². The van der Waals surface area contributed by atoms with Crippen LogP contribution in [0.3, 0.4) is 0 Å². The Morgan fingerprint density at radius 1 is 0.315 bits per heavy atom. The van der Waals surface area contributed by atoms with Crippen molar-refractivity contribution >= 4 is 39.5 Å². The van der Waals surface area contributed by atoms with E-state index in [0.717, 1.165) is 114 Å². The standard InChI is InChI=1S/C70H136O17P2/c1-9-63(8)49-41-33-25-16-10-11-17-28-36-44-52-69(74)86-65(56-80-67(72)50-42-34-26-18-12-14-22-30-38-46-60(2)3)58-84-88(76,77)82-54-64(71)55-83-89(78,79)85-59-66(57-81-68(73)51-43-35-27-21-20-24-32-40-48-62(6)7)87-70(75)53-45-37-29-19-13-15-23-31-39-47-61(4)5/h60-66,71H,9-59H2,1-8H3,(H,76,77)(H,78,79)/t63?,64?,65-,66-/m1/s1. The van der Waals surface area contributed by atoms with Gasteiger partial charge in [-0.1, -0.05) is 293 Å². The topological polar surface area (TPSA) is 237 Å². The quantitative estimate of drug-likeness (QED) is 0.0222. The molecular weight excluding hydrogens is 1170 g/mol. The molecule has 0 aliphatic heterocycles. The van der Waals surface area contributed by atoms with Crippen molar-refractivity contribution in [1.82, 2.24) is 0 Å². The lowest BCUT2D eigenvalue weighted by atomic mass is 9.99. The van der Waals surface area contributed by atoms with E-state index in [1.807, 2.05) is 0 Å². The van der Waals surface area contributed by atoms with Gasteiger partial charge in [0.15, 0.2) is 12.2 Å². The molecule has 0 bridgehead atoms. The highest BCUT2D eigenvalue weighted by Crippen LogP contribution is 2.45. The summed E-state index contributed by atoms with van der Waals surface area (Å²) in [5, 5.41) is 10.6. The predicted octanol–water partition coefficient (Wildman–Crippen LogP) is 19.7. The van der Waals surface area contributed by atoms with Crippen LogP contribution in [-0.4, -0.2) is 96.7 Å². The molecule has 528 valence electrons. The molecule has 0 spiro atoms. The van der Waals surface area contributed by atoms with Gasteiger partial charge in [0, 0.05) is 25.7 Å². The van der Waals surface area contributed by atoms with E-state index in [-0.39, 0.29) is 25.7 Å². The highest BCUT2D eigenvalue weighted by Gasteiger charge is 2.30. The zero-order chi connectivity index (χ0) is 66.1. The normalized spacial score (nSPS) is 14.6. The second-order valence-corrected chi connectivity index (χ2v) is 29.8. The third-order valence-corrected chi connectivity index (χ3v) is 18.3. The van der Waals surface area contributed by atoms with Crippen LogP contribution in [0, 0.1) is 23.7 Å². The summed E-state index contributed by atoms with van der Waals surface area (Å²) in [7, 11) is -9.90. The van der Waals surface area contributed by atoms with E-state index in [2.05, 4.69) is 55.4 Å². The minimum Gasteiger partial charge on any atom is -0.462 e. The summed E-state index contributed by atoms with van der Waals surface area (Å²) in [5.74, 6) is 0.880. The van der Waals surface area contributed by atoms with Gasteiger partial charge in [0.2, 0.25) is 0 Å². The maximum absolute atomic E-state index is 13.0. The second kappa shape index (κ2) is 59.8. The summed E-state index contributed by atoms with van der Waals surface area (Å²) in [6, 6.07) is 0. The van der Waals surface area contributed by atoms with Gasteiger partial charge in [-0.25, -0.2) is 9.13 Å². The minimum absolute atomic E-state index is 0.104. The van der Waals surface area contributed by atoms with Crippen molar-refractivity contribution in [3.8, 4) is 0 Å². The van der Waals surface area contributed by atoms with E-state index in [0.29, 0.717) is 25.7 Å². The van der Waals surface area contributed by atoms with Crippen LogP contribution in [0.15, 0.2) is 0 Å². The van der Waals surface area contributed by atoms with Crippen LogP contribution in [0.4, 0.5) is 0 Å². The maximum Gasteiger partial charge on any atom is 0.472 e. The Bertz CT molecular complexity index is 1770. The molecule has 0 saturated carbocycles. The summed E-state index contributed by atoms with van der Waals surface area (Å²) in [6.45, 7) is 14.1. The maximum atomic E-state index is 13.0. The summed E-state index contributed by atoms with van der Waals surface area (Å²) in [6.07, 6.45) is 41.6. The fourth-order valence-electron chi connectivity index (χ4n) is 10.5. The van der Waals surface area contributed by atoms with Crippen molar-refractivity contribution in [2.24, 2.45) is 23.7 Å². The molecule has 3 N–H and O–H groups in total. The van der Waals surface area contributed by atoms with Gasteiger partial charge < -0.3 is 33.8 Å². The Kier molecular flexibility index (Phi) is 58.5. The van der Waals surface area contributed by atoms with Gasteiger partial charge in [-0.2, -0.15) is 0 Å². The molecule has 0 rings (SSSR count). The zero-order valence-electron chi connectivity index (χ0n) is 58.1. The smallest absolute Gasteiger partial charge is 0.462 e. The van der Waals surface area contributed by atoms with Gasteiger partial charge in [0.05, 0.1) is 26.4 Å². The van der Waals surface area contributed by atoms with Crippen LogP contribution >= 0.6 is 15.6 Å². The van der Waals surface area contributed by atoms with Gasteiger partial charge in [0.25, 0.3) is 0 Å². The molecule has 89 heavy (non-hydrogen) atoms. The van der Waals surface area contributed by atoms with Crippen molar-refractivity contribution in [3.05, 3.63) is 0 Å². The number of phosphoric ester groups is 2. The summed E-state index contributed by atoms with van der Waals surface area (Å²) >= 11 is 0. The van der Waals surface area contributed by atoms with Gasteiger partial charge in [-0.3, -0.25) is 37.3 Å². The average molecular weight is 1310 g/mol. The predicted molar refractivity (Wildman–Crippen MR) is 358 cm³/mol. The lowest BCUT2D eigenvalue weighted by Crippen LogP contribution is -2.30.